The minimum Gasteiger partial charge on any atom is -0.391 e. The molecule has 0 fully saturated rings. The fourth-order valence-electron chi connectivity index (χ4n) is 3.11. The highest BCUT2D eigenvalue weighted by atomic mass is 16.3. The second-order valence-electron chi connectivity index (χ2n) is 5.45. The van der Waals surface area contributed by atoms with Gasteiger partial charge in [0.15, 0.2) is 0 Å². The van der Waals surface area contributed by atoms with Gasteiger partial charge in [0.1, 0.15) is 0 Å². The van der Waals surface area contributed by atoms with E-state index in [0.29, 0.717) is 0 Å². The monoisotopic (exact) mass is 245 g/mol. The van der Waals surface area contributed by atoms with Crippen LogP contribution in [0.2, 0.25) is 0 Å². The van der Waals surface area contributed by atoms with E-state index in [4.69, 9.17) is 5.73 Å². The largest absolute Gasteiger partial charge is 0.391 e. The van der Waals surface area contributed by atoms with Crippen molar-refractivity contribution in [1.29, 1.82) is 0 Å². The first kappa shape index (κ1) is 16.8. The number of nitrogens with two attached hydrogens (primary N) is 1. The summed E-state index contributed by atoms with van der Waals surface area (Å²) in [5.41, 5.74) is 6.00. The third-order valence-corrected chi connectivity index (χ3v) is 3.90. The minimum atomic E-state index is -0.615. The number of likely N-dealkylation sites (N-methyl/N-ethyl adjacent to an activating group) is 2. The lowest BCUT2D eigenvalue weighted by molar-refractivity contribution is -0.0130. The van der Waals surface area contributed by atoms with Crippen molar-refractivity contribution in [2.24, 2.45) is 5.73 Å². The van der Waals surface area contributed by atoms with E-state index in [1.807, 2.05) is 28.2 Å². The van der Waals surface area contributed by atoms with Gasteiger partial charge in [-0.2, -0.15) is 0 Å². The van der Waals surface area contributed by atoms with E-state index in [0.717, 1.165) is 12.8 Å². The van der Waals surface area contributed by atoms with Gasteiger partial charge in [-0.3, -0.25) is 0 Å². The molecule has 0 aromatic rings. The van der Waals surface area contributed by atoms with Crippen molar-refractivity contribution in [1.82, 2.24) is 9.80 Å². The maximum atomic E-state index is 10.2. The molecule has 0 bridgehead atoms. The zero-order valence-electron chi connectivity index (χ0n) is 12.6. The third kappa shape index (κ3) is 3.41. The Morgan fingerprint density at radius 2 is 1.29 bits per heavy atom. The molecule has 0 aromatic heterocycles. The van der Waals surface area contributed by atoms with E-state index in [1.165, 1.54) is 0 Å². The summed E-state index contributed by atoms with van der Waals surface area (Å²) in [6, 6.07) is 0.324. The number of hydrogen-bond donors (Lipinski definition) is 2. The molecule has 0 radical (unpaired) electrons. The molecule has 0 rings (SSSR count). The predicted octanol–water partition coefficient (Wildman–Crippen LogP) is 0.745. The van der Waals surface area contributed by atoms with Gasteiger partial charge in [-0.05, 0) is 48.0 Å². The molecule has 4 heteroatoms. The summed E-state index contributed by atoms with van der Waals surface area (Å²) in [5, 5.41) is 10.2. The van der Waals surface area contributed by atoms with E-state index < -0.39 is 11.6 Å². The van der Waals surface area contributed by atoms with Crippen LogP contribution in [-0.2, 0) is 0 Å². The Bertz CT molecular complexity index is 201. The topological polar surface area (TPSA) is 52.7 Å². The quantitative estimate of drug-likeness (QED) is 0.695. The standard InChI is InChI=1S/C13H31N3O/c1-8-11(15(4)5)13(14,10(3)17)12(9-2)16(6)7/h10-12,17H,8-9,14H2,1-7H3. The van der Waals surface area contributed by atoms with Crippen molar-refractivity contribution in [2.45, 2.75) is 57.3 Å². The fraction of sp³-hybridized carbons (Fsp3) is 1.00. The van der Waals surface area contributed by atoms with Gasteiger partial charge >= 0.3 is 0 Å². The van der Waals surface area contributed by atoms with Crippen molar-refractivity contribution in [3.63, 3.8) is 0 Å². The van der Waals surface area contributed by atoms with E-state index in [9.17, 15) is 5.11 Å². The first-order valence-electron chi connectivity index (χ1n) is 6.53. The number of hydrogen-bond acceptors (Lipinski definition) is 4. The molecular weight excluding hydrogens is 214 g/mol. The summed E-state index contributed by atoms with van der Waals surface area (Å²) in [7, 11) is 8.11. The Morgan fingerprint density at radius 1 is 1.00 bits per heavy atom. The molecule has 0 amide bonds. The fourth-order valence-corrected chi connectivity index (χ4v) is 3.11. The first-order valence-corrected chi connectivity index (χ1v) is 6.53. The molecule has 0 saturated heterocycles. The summed E-state index contributed by atoms with van der Waals surface area (Å²) < 4.78 is 0. The molecule has 0 aliphatic carbocycles. The Morgan fingerprint density at radius 3 is 1.41 bits per heavy atom. The zero-order chi connectivity index (χ0) is 13.8. The second kappa shape index (κ2) is 6.69. The van der Waals surface area contributed by atoms with E-state index >= 15 is 0 Å². The number of nitrogens with zero attached hydrogens (tertiary/aromatic N) is 2. The number of aliphatic hydroxyl groups is 1. The maximum Gasteiger partial charge on any atom is 0.0728 e. The summed E-state index contributed by atoms with van der Waals surface area (Å²) in [6.07, 6.45) is 1.32. The molecule has 0 aliphatic rings. The van der Waals surface area contributed by atoms with Crippen molar-refractivity contribution < 1.29 is 5.11 Å². The van der Waals surface area contributed by atoms with Crippen molar-refractivity contribution in [3.05, 3.63) is 0 Å². The SMILES string of the molecule is CCC(N(C)C)C(N)(C(C)O)C(CC)N(C)C. The van der Waals surface area contributed by atoms with E-state index in [2.05, 4.69) is 23.6 Å². The molecule has 0 saturated carbocycles. The highest BCUT2D eigenvalue weighted by Gasteiger charge is 2.46. The summed E-state index contributed by atoms with van der Waals surface area (Å²) in [5.74, 6) is 0. The highest BCUT2D eigenvalue weighted by Crippen LogP contribution is 2.27. The summed E-state index contributed by atoms with van der Waals surface area (Å²) >= 11 is 0. The van der Waals surface area contributed by atoms with Crippen LogP contribution in [0.1, 0.15) is 33.6 Å². The van der Waals surface area contributed by atoms with Crippen LogP contribution in [0.25, 0.3) is 0 Å². The van der Waals surface area contributed by atoms with E-state index in [-0.39, 0.29) is 12.1 Å². The lowest BCUT2D eigenvalue weighted by atomic mass is 9.75. The van der Waals surface area contributed by atoms with Gasteiger partial charge in [0, 0.05) is 12.1 Å². The van der Waals surface area contributed by atoms with Crippen molar-refractivity contribution in [3.8, 4) is 0 Å². The number of aliphatic hydroxyl groups excluding tert-OH is 1. The lowest BCUT2D eigenvalue weighted by Crippen LogP contribution is -2.71. The van der Waals surface area contributed by atoms with Crippen molar-refractivity contribution in [2.75, 3.05) is 28.2 Å². The summed E-state index contributed by atoms with van der Waals surface area (Å²) in [4.78, 5) is 4.25. The van der Waals surface area contributed by atoms with Gasteiger partial charge in [0.2, 0.25) is 0 Å². The van der Waals surface area contributed by atoms with Crippen LogP contribution in [0.5, 0.6) is 0 Å². The normalized spacial score (nSPS) is 21.4. The third-order valence-electron chi connectivity index (χ3n) is 3.90. The molecule has 0 aliphatic heterocycles. The first-order chi connectivity index (χ1) is 7.73. The average molecular weight is 245 g/mol. The van der Waals surface area contributed by atoms with Gasteiger partial charge in [-0.1, -0.05) is 13.8 Å². The Kier molecular flexibility index (Phi) is 6.62. The Balaban J connectivity index is 5.40. The van der Waals surface area contributed by atoms with Crippen LogP contribution >= 0.6 is 0 Å². The Labute approximate surface area is 107 Å². The average Bonchev–Trinajstić information content (AvgIpc) is 2.17. The summed E-state index contributed by atoms with van der Waals surface area (Å²) in [6.45, 7) is 6.05. The molecule has 17 heavy (non-hydrogen) atoms. The van der Waals surface area contributed by atoms with E-state index in [1.54, 1.807) is 6.92 Å². The van der Waals surface area contributed by atoms with Crippen LogP contribution in [0, 0.1) is 0 Å². The molecule has 3 unspecified atom stereocenters. The van der Waals surface area contributed by atoms with Gasteiger partial charge in [-0.25, -0.2) is 0 Å². The molecular formula is C13H31N3O. The van der Waals surface area contributed by atoms with Crippen LogP contribution < -0.4 is 5.73 Å². The molecule has 3 atom stereocenters. The zero-order valence-corrected chi connectivity index (χ0v) is 12.6. The van der Waals surface area contributed by atoms with Gasteiger partial charge in [0.25, 0.3) is 0 Å². The Hall–Kier alpha value is -0.160. The molecule has 0 heterocycles. The van der Waals surface area contributed by atoms with Gasteiger partial charge in [-0.15, -0.1) is 0 Å². The molecule has 104 valence electrons. The highest BCUT2D eigenvalue weighted by molar-refractivity contribution is 5.07. The van der Waals surface area contributed by atoms with Crippen LogP contribution in [0.4, 0.5) is 0 Å². The predicted molar refractivity (Wildman–Crippen MR) is 74.1 cm³/mol. The van der Waals surface area contributed by atoms with Crippen LogP contribution in [0.15, 0.2) is 0 Å². The van der Waals surface area contributed by atoms with Gasteiger partial charge in [0.05, 0.1) is 11.6 Å². The second-order valence-corrected chi connectivity index (χ2v) is 5.45. The minimum absolute atomic E-state index is 0.162. The molecule has 4 nitrogen and oxygen atoms in total. The van der Waals surface area contributed by atoms with Crippen LogP contribution in [0.3, 0.4) is 0 Å². The molecule has 3 N–H and O–H groups in total. The number of rotatable bonds is 7. The smallest absolute Gasteiger partial charge is 0.0728 e. The maximum absolute atomic E-state index is 10.2. The molecule has 0 aromatic carbocycles. The molecule has 0 spiro atoms. The van der Waals surface area contributed by atoms with Gasteiger partial charge < -0.3 is 20.6 Å². The van der Waals surface area contributed by atoms with Crippen LogP contribution in [-0.4, -0.2) is 66.8 Å². The van der Waals surface area contributed by atoms with Crippen molar-refractivity contribution >= 4 is 0 Å². The lowest BCUT2D eigenvalue weighted by Gasteiger charge is -2.50.